The van der Waals surface area contributed by atoms with Crippen LogP contribution in [0, 0.1) is 0 Å². The number of alkyl halides is 3. The Morgan fingerprint density at radius 1 is 1.13 bits per heavy atom. The van der Waals surface area contributed by atoms with Crippen molar-refractivity contribution >= 4 is 17.5 Å². The van der Waals surface area contributed by atoms with Crippen LogP contribution in [-0.2, 0) is 22.4 Å². The lowest BCUT2D eigenvalue weighted by molar-refractivity contribution is -0.153. The molecule has 0 fully saturated rings. The molecule has 0 atom stereocenters. The van der Waals surface area contributed by atoms with Crippen LogP contribution in [0.15, 0.2) is 42.5 Å². The highest BCUT2D eigenvalue weighted by atomic mass is 19.4. The fourth-order valence-corrected chi connectivity index (χ4v) is 3.36. The summed E-state index contributed by atoms with van der Waals surface area (Å²) >= 11 is 0. The Morgan fingerprint density at radius 3 is 2.65 bits per heavy atom. The molecule has 166 valence electrons. The summed E-state index contributed by atoms with van der Waals surface area (Å²) in [6.45, 7) is -0.919. The van der Waals surface area contributed by atoms with Crippen LogP contribution in [0.4, 0.5) is 18.9 Å². The fourth-order valence-electron chi connectivity index (χ4n) is 3.36. The number of fused-ring (bicyclic) bond motifs is 1. The summed E-state index contributed by atoms with van der Waals surface area (Å²) in [5.41, 5.74) is 2.69. The first-order valence-electron chi connectivity index (χ1n) is 9.78. The summed E-state index contributed by atoms with van der Waals surface area (Å²) in [5, 5.41) is 2.63. The Hall–Kier alpha value is -3.23. The van der Waals surface area contributed by atoms with Gasteiger partial charge in [-0.2, -0.15) is 13.2 Å². The Morgan fingerprint density at radius 2 is 1.90 bits per heavy atom. The zero-order chi connectivity index (χ0) is 22.4. The van der Waals surface area contributed by atoms with E-state index in [0.29, 0.717) is 18.5 Å². The van der Waals surface area contributed by atoms with Crippen molar-refractivity contribution in [3.8, 4) is 11.5 Å². The van der Waals surface area contributed by atoms with Crippen molar-refractivity contribution < 1.29 is 32.2 Å². The minimum absolute atomic E-state index is 0.0236. The second kappa shape index (κ2) is 9.72. The number of methoxy groups -OCH3 is 1. The number of carbonyl (C=O) groups excluding carboxylic acids is 2. The molecular formula is C22H23F3N2O4. The number of anilines is 1. The molecule has 0 aromatic heterocycles. The summed E-state index contributed by atoms with van der Waals surface area (Å²) in [6.07, 6.45) is -3.20. The molecule has 1 aliphatic heterocycles. The molecule has 0 spiro atoms. The molecule has 2 aromatic carbocycles. The maximum atomic E-state index is 12.4. The topological polar surface area (TPSA) is 67.9 Å². The van der Waals surface area contributed by atoms with E-state index in [9.17, 15) is 22.8 Å². The predicted molar refractivity (Wildman–Crippen MR) is 108 cm³/mol. The standard InChI is InChI=1S/C22H23F3N2O4/c1-30-19-12-15(6-8-18(19)31-14-22(23,24)25)7-9-20(28)26-13-21(29)27-11-10-16-4-2-3-5-17(16)27/h2-6,8,12H,7,9-11,13-14H2,1H3,(H,26,28). The van der Waals surface area contributed by atoms with Gasteiger partial charge in [0.15, 0.2) is 18.1 Å². The van der Waals surface area contributed by atoms with Gasteiger partial charge in [-0.25, -0.2) is 0 Å². The molecule has 6 nitrogen and oxygen atoms in total. The number of rotatable bonds is 8. The third-order valence-electron chi connectivity index (χ3n) is 4.89. The zero-order valence-corrected chi connectivity index (χ0v) is 17.0. The Bertz CT molecular complexity index is 947. The van der Waals surface area contributed by atoms with Crippen molar-refractivity contribution in [1.29, 1.82) is 0 Å². The highest BCUT2D eigenvalue weighted by Crippen LogP contribution is 2.30. The molecule has 0 saturated carbocycles. The van der Waals surface area contributed by atoms with Gasteiger partial charge in [-0.05, 0) is 42.2 Å². The van der Waals surface area contributed by atoms with E-state index in [2.05, 4.69) is 5.32 Å². The lowest BCUT2D eigenvalue weighted by Gasteiger charge is -2.17. The van der Waals surface area contributed by atoms with Crippen molar-refractivity contribution in [1.82, 2.24) is 5.32 Å². The molecular weight excluding hydrogens is 413 g/mol. The number of benzene rings is 2. The molecule has 0 aliphatic carbocycles. The number of amides is 2. The average Bonchev–Trinajstić information content (AvgIpc) is 3.18. The van der Waals surface area contributed by atoms with E-state index < -0.39 is 12.8 Å². The van der Waals surface area contributed by atoms with Gasteiger partial charge in [0.2, 0.25) is 11.8 Å². The molecule has 1 N–H and O–H groups in total. The normalized spacial score (nSPS) is 13.0. The first-order chi connectivity index (χ1) is 14.8. The maximum absolute atomic E-state index is 12.4. The van der Waals surface area contributed by atoms with Crippen LogP contribution in [0.25, 0.3) is 0 Å². The van der Waals surface area contributed by atoms with Gasteiger partial charge in [0.05, 0.1) is 13.7 Å². The monoisotopic (exact) mass is 436 g/mol. The van der Waals surface area contributed by atoms with Gasteiger partial charge in [-0.3, -0.25) is 9.59 Å². The van der Waals surface area contributed by atoms with Crippen molar-refractivity contribution in [2.75, 3.05) is 31.7 Å². The van der Waals surface area contributed by atoms with Crippen LogP contribution >= 0.6 is 0 Å². The second-order valence-corrected chi connectivity index (χ2v) is 7.09. The molecule has 2 aromatic rings. The lowest BCUT2D eigenvalue weighted by atomic mass is 10.1. The van der Waals surface area contributed by atoms with Crippen LogP contribution in [0.3, 0.4) is 0 Å². The summed E-state index contributed by atoms with van der Waals surface area (Å²) in [7, 11) is 1.33. The fraction of sp³-hybridized carbons (Fsp3) is 0.364. The Balaban J connectivity index is 1.48. The SMILES string of the molecule is COc1cc(CCC(=O)NCC(=O)N2CCc3ccccc32)ccc1OCC(F)(F)F. The van der Waals surface area contributed by atoms with Crippen molar-refractivity contribution in [2.45, 2.75) is 25.4 Å². The van der Waals surface area contributed by atoms with Gasteiger partial charge in [0, 0.05) is 18.7 Å². The van der Waals surface area contributed by atoms with Crippen molar-refractivity contribution in [3.05, 3.63) is 53.6 Å². The number of ether oxygens (including phenoxy) is 2. The maximum Gasteiger partial charge on any atom is 0.422 e. The third kappa shape index (κ3) is 6.13. The number of hydrogen-bond acceptors (Lipinski definition) is 4. The van der Waals surface area contributed by atoms with E-state index in [1.165, 1.54) is 19.2 Å². The van der Waals surface area contributed by atoms with E-state index in [0.717, 1.165) is 17.7 Å². The summed E-state index contributed by atoms with van der Waals surface area (Å²) in [5.74, 6) is -0.335. The minimum atomic E-state index is -4.45. The molecule has 0 unspecified atom stereocenters. The average molecular weight is 436 g/mol. The number of para-hydroxylation sites is 1. The van der Waals surface area contributed by atoms with Gasteiger partial charge >= 0.3 is 6.18 Å². The van der Waals surface area contributed by atoms with E-state index in [1.807, 2.05) is 24.3 Å². The van der Waals surface area contributed by atoms with Gasteiger partial charge in [-0.15, -0.1) is 0 Å². The number of carbonyl (C=O) groups is 2. The van der Waals surface area contributed by atoms with Gasteiger partial charge in [0.25, 0.3) is 0 Å². The zero-order valence-electron chi connectivity index (χ0n) is 17.0. The van der Waals surface area contributed by atoms with E-state index in [-0.39, 0.29) is 36.3 Å². The minimum Gasteiger partial charge on any atom is -0.493 e. The van der Waals surface area contributed by atoms with Crippen molar-refractivity contribution in [3.63, 3.8) is 0 Å². The molecule has 0 bridgehead atoms. The van der Waals surface area contributed by atoms with Crippen LogP contribution < -0.4 is 19.7 Å². The van der Waals surface area contributed by atoms with Crippen LogP contribution in [0.2, 0.25) is 0 Å². The molecule has 3 rings (SSSR count). The van der Waals surface area contributed by atoms with Crippen molar-refractivity contribution in [2.24, 2.45) is 0 Å². The number of nitrogens with zero attached hydrogens (tertiary/aromatic N) is 1. The van der Waals surface area contributed by atoms with Crippen LogP contribution in [0.5, 0.6) is 11.5 Å². The Kier molecular flexibility index (Phi) is 7.04. The summed E-state index contributed by atoms with van der Waals surface area (Å²) < 4.78 is 46.8. The van der Waals surface area contributed by atoms with E-state index in [1.54, 1.807) is 11.0 Å². The first-order valence-corrected chi connectivity index (χ1v) is 9.78. The quantitative estimate of drug-likeness (QED) is 0.690. The van der Waals surface area contributed by atoms with E-state index >= 15 is 0 Å². The number of halogens is 3. The number of hydrogen-bond donors (Lipinski definition) is 1. The summed E-state index contributed by atoms with van der Waals surface area (Å²) in [6, 6.07) is 12.2. The van der Waals surface area contributed by atoms with Crippen LogP contribution in [0.1, 0.15) is 17.5 Å². The molecule has 1 heterocycles. The van der Waals surface area contributed by atoms with Gasteiger partial charge < -0.3 is 19.7 Å². The van der Waals surface area contributed by atoms with Gasteiger partial charge in [0.1, 0.15) is 0 Å². The Labute approximate surface area is 177 Å². The molecule has 2 amide bonds. The second-order valence-electron chi connectivity index (χ2n) is 7.09. The predicted octanol–water partition coefficient (Wildman–Crippen LogP) is 3.27. The number of aryl methyl sites for hydroxylation is 1. The molecule has 0 saturated heterocycles. The highest BCUT2D eigenvalue weighted by molar-refractivity contribution is 5.98. The first kappa shape index (κ1) is 22.5. The molecule has 1 aliphatic rings. The lowest BCUT2D eigenvalue weighted by Crippen LogP contribution is -2.39. The molecule has 0 radical (unpaired) electrons. The molecule has 9 heteroatoms. The van der Waals surface area contributed by atoms with Crippen LogP contribution in [-0.4, -0.2) is 44.8 Å². The highest BCUT2D eigenvalue weighted by Gasteiger charge is 2.29. The largest absolute Gasteiger partial charge is 0.493 e. The smallest absolute Gasteiger partial charge is 0.422 e. The summed E-state index contributed by atoms with van der Waals surface area (Å²) in [4.78, 5) is 26.3. The number of nitrogens with one attached hydrogen (secondary N) is 1. The van der Waals surface area contributed by atoms with E-state index in [4.69, 9.17) is 9.47 Å². The van der Waals surface area contributed by atoms with Gasteiger partial charge in [-0.1, -0.05) is 24.3 Å². The molecule has 31 heavy (non-hydrogen) atoms. The third-order valence-corrected chi connectivity index (χ3v) is 4.89.